The molecule has 0 fully saturated rings. The fourth-order valence-electron chi connectivity index (χ4n) is 4.83. The van der Waals surface area contributed by atoms with Gasteiger partial charge < -0.3 is 0 Å². The van der Waals surface area contributed by atoms with Gasteiger partial charge in [-0.05, 0) is 108 Å². The van der Waals surface area contributed by atoms with Crippen LogP contribution in [0.15, 0.2) is 36.4 Å². The highest BCUT2D eigenvalue weighted by molar-refractivity contribution is 5.59. The number of terminal acetylenes is 2. The summed E-state index contributed by atoms with van der Waals surface area (Å²) < 4.78 is 0. The Hall–Kier alpha value is -4.10. The quantitative estimate of drug-likeness (QED) is 0.306. The van der Waals surface area contributed by atoms with Crippen molar-refractivity contribution in [2.45, 2.75) is 80.1 Å². The molecule has 0 heteroatoms. The van der Waals surface area contributed by atoms with Crippen LogP contribution in [0.5, 0.6) is 0 Å². The molecule has 0 aliphatic heterocycles. The third-order valence-electron chi connectivity index (χ3n) is 7.25. The van der Waals surface area contributed by atoms with Crippen molar-refractivity contribution in [3.8, 4) is 48.4 Å². The maximum absolute atomic E-state index is 5.75. The summed E-state index contributed by atoms with van der Waals surface area (Å²) in [4.78, 5) is 0. The largest absolute Gasteiger partial charge is 0.115 e. The highest BCUT2D eigenvalue weighted by Gasteiger charge is 2.09. The summed E-state index contributed by atoms with van der Waals surface area (Å²) in [6.45, 7) is 12.9. The van der Waals surface area contributed by atoms with Gasteiger partial charge in [0.25, 0.3) is 0 Å². The minimum Gasteiger partial charge on any atom is -0.115 e. The molecule has 0 aromatic heterocycles. The van der Waals surface area contributed by atoms with Crippen molar-refractivity contribution in [2.24, 2.45) is 0 Å². The van der Waals surface area contributed by atoms with Gasteiger partial charge in [0, 0.05) is 33.4 Å². The fraction of sp³-hybridized carbons (Fsp3) is 0.316. The summed E-state index contributed by atoms with van der Waals surface area (Å²) in [7, 11) is 0. The normalized spacial score (nSPS) is 10.0. The second-order valence-electron chi connectivity index (χ2n) is 9.41. The van der Waals surface area contributed by atoms with Crippen LogP contribution in [0, 0.1) is 48.4 Å². The van der Waals surface area contributed by atoms with Crippen molar-refractivity contribution in [1.29, 1.82) is 0 Å². The monoisotopic (exact) mass is 494 g/mol. The molecule has 0 aliphatic rings. The van der Waals surface area contributed by atoms with Crippen molar-refractivity contribution in [3.63, 3.8) is 0 Å². The molecule has 0 radical (unpaired) electrons. The van der Waals surface area contributed by atoms with Gasteiger partial charge in [-0.25, -0.2) is 0 Å². The number of rotatable bonds is 6. The molecular formula is C38H38. The van der Waals surface area contributed by atoms with E-state index in [1.165, 1.54) is 33.4 Å². The Labute approximate surface area is 231 Å². The zero-order valence-corrected chi connectivity index (χ0v) is 23.9. The molecule has 0 aliphatic carbocycles. The summed E-state index contributed by atoms with van der Waals surface area (Å²) in [6, 6.07) is 13.1. The molecular weight excluding hydrogens is 456 g/mol. The smallest absolute Gasteiger partial charge is 0.0284 e. The first-order valence-electron chi connectivity index (χ1n) is 13.9. The molecule has 0 saturated carbocycles. The van der Waals surface area contributed by atoms with Gasteiger partial charge in [-0.15, -0.1) is 12.8 Å². The van der Waals surface area contributed by atoms with E-state index in [0.717, 1.165) is 71.9 Å². The first-order chi connectivity index (χ1) is 18.5. The molecule has 0 bridgehead atoms. The van der Waals surface area contributed by atoms with E-state index in [9.17, 15) is 0 Å². The van der Waals surface area contributed by atoms with E-state index in [2.05, 4.69) is 113 Å². The molecule has 3 aromatic carbocycles. The topological polar surface area (TPSA) is 0 Å². The number of aryl methyl sites for hydroxylation is 6. The van der Waals surface area contributed by atoms with E-state index in [4.69, 9.17) is 12.8 Å². The van der Waals surface area contributed by atoms with Crippen LogP contribution in [-0.2, 0) is 38.5 Å². The van der Waals surface area contributed by atoms with Gasteiger partial charge in [-0.3, -0.25) is 0 Å². The van der Waals surface area contributed by atoms with Gasteiger partial charge >= 0.3 is 0 Å². The number of benzene rings is 3. The van der Waals surface area contributed by atoms with Crippen molar-refractivity contribution < 1.29 is 0 Å². The summed E-state index contributed by atoms with van der Waals surface area (Å²) in [5.74, 6) is 19.6. The minimum absolute atomic E-state index is 0.899. The Morgan fingerprint density at radius 3 is 0.737 bits per heavy atom. The summed E-state index contributed by atoms with van der Waals surface area (Å²) in [5.41, 5.74) is 13.5. The maximum Gasteiger partial charge on any atom is 0.0284 e. The van der Waals surface area contributed by atoms with Gasteiger partial charge in [0.15, 0.2) is 0 Å². The maximum atomic E-state index is 5.75. The lowest BCUT2D eigenvalue weighted by atomic mass is 9.93. The Bertz CT molecular complexity index is 1420. The second-order valence-corrected chi connectivity index (χ2v) is 9.41. The summed E-state index contributed by atoms with van der Waals surface area (Å²) in [5, 5.41) is 0. The molecule has 0 spiro atoms. The Balaban J connectivity index is 2.09. The molecule has 3 rings (SSSR count). The Kier molecular flexibility index (Phi) is 10.1. The van der Waals surface area contributed by atoms with Crippen LogP contribution in [0.4, 0.5) is 0 Å². The third-order valence-corrected chi connectivity index (χ3v) is 7.25. The average Bonchev–Trinajstić information content (AvgIpc) is 2.97. The molecule has 0 saturated heterocycles. The average molecular weight is 495 g/mol. The van der Waals surface area contributed by atoms with Crippen LogP contribution in [0.1, 0.15) is 108 Å². The molecule has 190 valence electrons. The zero-order chi connectivity index (χ0) is 27.7. The highest BCUT2D eigenvalue weighted by Crippen LogP contribution is 2.22. The fourth-order valence-corrected chi connectivity index (χ4v) is 4.83. The van der Waals surface area contributed by atoms with E-state index in [1.807, 2.05) is 0 Å². The van der Waals surface area contributed by atoms with Gasteiger partial charge in [-0.2, -0.15) is 0 Å². The van der Waals surface area contributed by atoms with Gasteiger partial charge in [0.2, 0.25) is 0 Å². The predicted octanol–water partition coefficient (Wildman–Crippen LogP) is 7.82. The lowest BCUT2D eigenvalue weighted by Crippen LogP contribution is -1.98. The molecule has 38 heavy (non-hydrogen) atoms. The van der Waals surface area contributed by atoms with Crippen molar-refractivity contribution >= 4 is 0 Å². The van der Waals surface area contributed by atoms with Crippen LogP contribution in [-0.4, -0.2) is 0 Å². The van der Waals surface area contributed by atoms with E-state index in [-0.39, 0.29) is 0 Å². The second kappa shape index (κ2) is 13.4. The first-order valence-corrected chi connectivity index (χ1v) is 13.9. The molecule has 0 nitrogen and oxygen atoms in total. The van der Waals surface area contributed by atoms with Crippen LogP contribution < -0.4 is 0 Å². The van der Waals surface area contributed by atoms with E-state index in [1.54, 1.807) is 0 Å². The van der Waals surface area contributed by atoms with Crippen LogP contribution in [0.25, 0.3) is 0 Å². The van der Waals surface area contributed by atoms with E-state index < -0.39 is 0 Å². The Morgan fingerprint density at radius 1 is 0.368 bits per heavy atom. The van der Waals surface area contributed by atoms with Crippen molar-refractivity contribution in [1.82, 2.24) is 0 Å². The van der Waals surface area contributed by atoms with Gasteiger partial charge in [-0.1, -0.05) is 77.1 Å². The minimum atomic E-state index is 0.899. The predicted molar refractivity (Wildman–Crippen MR) is 163 cm³/mol. The first kappa shape index (κ1) is 28.5. The molecule has 0 amide bonds. The SMILES string of the molecule is C#Cc1cc(CC)c(C#Cc2cc(CC)c(C#Cc3cc(CC)c(C#C)cc3CC)cc2CC)cc1CC. The molecule has 0 unspecified atom stereocenters. The van der Waals surface area contributed by atoms with Crippen LogP contribution >= 0.6 is 0 Å². The summed E-state index contributed by atoms with van der Waals surface area (Å²) in [6.07, 6.45) is 16.9. The van der Waals surface area contributed by atoms with Gasteiger partial charge in [0.1, 0.15) is 0 Å². The van der Waals surface area contributed by atoms with Crippen molar-refractivity contribution in [3.05, 3.63) is 103 Å². The molecule has 3 aromatic rings. The number of hydrogen-bond donors (Lipinski definition) is 0. The van der Waals surface area contributed by atoms with Crippen LogP contribution in [0.3, 0.4) is 0 Å². The third kappa shape index (κ3) is 6.23. The lowest BCUT2D eigenvalue weighted by Gasteiger charge is -2.10. The van der Waals surface area contributed by atoms with Crippen LogP contribution in [0.2, 0.25) is 0 Å². The lowest BCUT2D eigenvalue weighted by molar-refractivity contribution is 1.08. The van der Waals surface area contributed by atoms with Crippen molar-refractivity contribution in [2.75, 3.05) is 0 Å². The zero-order valence-electron chi connectivity index (χ0n) is 23.9. The molecule has 0 heterocycles. The van der Waals surface area contributed by atoms with Gasteiger partial charge in [0.05, 0.1) is 0 Å². The number of hydrogen-bond acceptors (Lipinski definition) is 0. The highest BCUT2D eigenvalue weighted by atomic mass is 14.1. The Morgan fingerprint density at radius 2 is 0.553 bits per heavy atom. The summed E-state index contributed by atoms with van der Waals surface area (Å²) >= 11 is 0. The van der Waals surface area contributed by atoms with E-state index >= 15 is 0 Å². The standard InChI is InChI=1S/C38H38/c1-9-27-21-31(13-5)35(23-29(27)11-3)17-19-37-25-34(16-8)38(26-33(37)15-7)20-18-36-24-30(12-4)28(10-2)22-32(36)14-6/h1-2,21-26H,11-16H2,3-8H3. The molecule has 0 N–H and O–H groups in total. The molecule has 0 atom stereocenters. The van der Waals surface area contributed by atoms with E-state index in [0.29, 0.717) is 0 Å².